The first-order valence-corrected chi connectivity index (χ1v) is 13.5. The molecule has 1 unspecified atom stereocenters. The Labute approximate surface area is 207 Å². The van der Waals surface area contributed by atoms with Crippen molar-refractivity contribution in [1.82, 2.24) is 10.0 Å². The van der Waals surface area contributed by atoms with E-state index in [1.807, 2.05) is 30.3 Å². The van der Waals surface area contributed by atoms with E-state index in [4.69, 9.17) is 5.11 Å². The normalized spacial score (nSPS) is 16.8. The molecule has 1 amide bonds. The number of amides is 1. The van der Waals surface area contributed by atoms with E-state index in [1.54, 1.807) is 24.3 Å². The smallest absolute Gasteiger partial charge is 0.256 e. The summed E-state index contributed by atoms with van der Waals surface area (Å²) in [4.78, 5) is 14.5. The Morgan fingerprint density at radius 3 is 2.52 bits per heavy atom. The van der Waals surface area contributed by atoms with Crippen molar-refractivity contribution >= 4 is 35.2 Å². The summed E-state index contributed by atoms with van der Waals surface area (Å²) in [5, 5.41) is 24.6. The molecule has 0 heterocycles. The van der Waals surface area contributed by atoms with Crippen LogP contribution < -0.4 is 10.0 Å². The van der Waals surface area contributed by atoms with E-state index >= 15 is 0 Å². The number of unbranched alkanes of at least 4 members (excludes halogenated alkanes) is 1. The van der Waals surface area contributed by atoms with Gasteiger partial charge in [-0.15, -0.1) is 0 Å². The second-order valence-corrected chi connectivity index (χ2v) is 10.1. The summed E-state index contributed by atoms with van der Waals surface area (Å²) in [6.45, 7) is 6.49. The molecule has 1 fully saturated rings. The van der Waals surface area contributed by atoms with Crippen LogP contribution in [0.2, 0.25) is 0 Å². The zero-order chi connectivity index (χ0) is 24.1. The molecule has 0 aromatic heterocycles. The van der Waals surface area contributed by atoms with E-state index in [2.05, 4.69) is 30.0 Å². The van der Waals surface area contributed by atoms with Gasteiger partial charge in [0.15, 0.2) is 0 Å². The molecule has 0 bridgehead atoms. The van der Waals surface area contributed by atoms with E-state index in [9.17, 15) is 9.90 Å². The van der Waals surface area contributed by atoms with Crippen LogP contribution in [0.4, 0.5) is 0 Å². The first kappa shape index (κ1) is 27.7. The van der Waals surface area contributed by atoms with Crippen LogP contribution >= 0.6 is 23.7 Å². The lowest BCUT2D eigenvalue weighted by Gasteiger charge is -2.14. The molecule has 7 heteroatoms. The van der Waals surface area contributed by atoms with Gasteiger partial charge in [-0.25, -0.2) is 0 Å². The number of hydrogen-bond donors (Lipinski definition) is 4. The summed E-state index contributed by atoms with van der Waals surface area (Å²) < 4.78 is 3.25. The van der Waals surface area contributed by atoms with Gasteiger partial charge in [0.1, 0.15) is 0 Å². The fourth-order valence-corrected chi connectivity index (χ4v) is 4.90. The van der Waals surface area contributed by atoms with E-state index in [-0.39, 0.29) is 12.5 Å². The standard InChI is InChI=1S/C26H38N2O3S2/c1-4-6-11-25(32-18-19(3)24(30)17-29)28-26(31)23(16-20-9-7-8-10-20)21-12-14-22(15-13-21)33-27-5-2/h11-16,18,20,24,27,29-30H,4-10,17H2,1-3H3,(H,28,31)/b19-18+,23-16+,25-11+. The van der Waals surface area contributed by atoms with Gasteiger partial charge in [0.05, 0.1) is 17.7 Å². The van der Waals surface area contributed by atoms with Gasteiger partial charge in [-0.2, -0.15) is 0 Å². The highest BCUT2D eigenvalue weighted by Crippen LogP contribution is 2.30. The van der Waals surface area contributed by atoms with Gasteiger partial charge < -0.3 is 15.5 Å². The largest absolute Gasteiger partial charge is 0.393 e. The minimum absolute atomic E-state index is 0.113. The van der Waals surface area contributed by atoms with Crippen LogP contribution in [0, 0.1) is 5.92 Å². The second-order valence-electron chi connectivity index (χ2n) is 8.24. The number of hydrogen-bond acceptors (Lipinski definition) is 6. The Morgan fingerprint density at radius 1 is 1.21 bits per heavy atom. The highest BCUT2D eigenvalue weighted by Gasteiger charge is 2.19. The lowest BCUT2D eigenvalue weighted by Crippen LogP contribution is -2.23. The van der Waals surface area contributed by atoms with E-state index in [0.29, 0.717) is 17.1 Å². The average Bonchev–Trinajstić information content (AvgIpc) is 3.35. The fraction of sp³-hybridized carbons (Fsp3) is 0.500. The number of nitrogens with one attached hydrogen (secondary N) is 2. The van der Waals surface area contributed by atoms with Gasteiger partial charge in [-0.1, -0.05) is 69.2 Å². The van der Waals surface area contributed by atoms with Crippen molar-refractivity contribution in [1.29, 1.82) is 0 Å². The van der Waals surface area contributed by atoms with Gasteiger partial charge in [0.2, 0.25) is 0 Å². The molecule has 0 radical (unpaired) electrons. The zero-order valence-corrected chi connectivity index (χ0v) is 21.6. The minimum Gasteiger partial charge on any atom is -0.393 e. The maximum atomic E-state index is 13.4. The van der Waals surface area contributed by atoms with Crippen molar-refractivity contribution in [3.05, 3.63) is 58.0 Å². The Kier molecular flexibility index (Phi) is 12.9. The van der Waals surface area contributed by atoms with Crippen molar-refractivity contribution < 1.29 is 15.0 Å². The molecule has 1 aliphatic rings. The Bertz CT molecular complexity index is 828. The number of aliphatic hydroxyl groups excluding tert-OH is 2. The van der Waals surface area contributed by atoms with Crippen LogP contribution in [-0.2, 0) is 4.79 Å². The summed E-state index contributed by atoms with van der Waals surface area (Å²) in [5.41, 5.74) is 2.29. The van der Waals surface area contributed by atoms with Crippen molar-refractivity contribution in [3.8, 4) is 0 Å². The molecule has 1 aromatic carbocycles. The molecule has 0 aliphatic heterocycles. The molecular formula is C26H38N2O3S2. The number of allylic oxidation sites excluding steroid dienone is 2. The number of carbonyl (C=O) groups is 1. The van der Waals surface area contributed by atoms with Gasteiger partial charge in [-0.05, 0) is 72.7 Å². The highest BCUT2D eigenvalue weighted by molar-refractivity contribution is 8.05. The molecule has 4 N–H and O–H groups in total. The maximum absolute atomic E-state index is 13.4. The van der Waals surface area contributed by atoms with E-state index in [0.717, 1.165) is 47.7 Å². The van der Waals surface area contributed by atoms with Gasteiger partial charge in [0, 0.05) is 17.0 Å². The fourth-order valence-electron chi connectivity index (χ4n) is 3.48. The monoisotopic (exact) mass is 490 g/mol. The lowest BCUT2D eigenvalue weighted by molar-refractivity contribution is -0.114. The first-order chi connectivity index (χ1) is 16.0. The minimum atomic E-state index is -0.892. The molecule has 0 saturated heterocycles. The predicted molar refractivity (Wildman–Crippen MR) is 141 cm³/mol. The number of rotatable bonds is 13. The van der Waals surface area contributed by atoms with E-state index < -0.39 is 6.10 Å². The summed E-state index contributed by atoms with van der Waals surface area (Å²) in [7, 11) is 0. The van der Waals surface area contributed by atoms with Gasteiger partial charge >= 0.3 is 0 Å². The Hall–Kier alpha value is -1.51. The molecule has 1 aliphatic carbocycles. The highest BCUT2D eigenvalue weighted by atomic mass is 32.2. The van der Waals surface area contributed by atoms with Gasteiger partial charge in [-0.3, -0.25) is 9.52 Å². The Balaban J connectivity index is 2.24. The number of benzene rings is 1. The maximum Gasteiger partial charge on any atom is 0.256 e. The third-order valence-corrected chi connectivity index (χ3v) is 7.43. The third kappa shape index (κ3) is 9.71. The van der Waals surface area contributed by atoms with Crippen LogP contribution in [0.5, 0.6) is 0 Å². The van der Waals surface area contributed by atoms with Crippen LogP contribution in [0.15, 0.2) is 57.3 Å². The molecule has 1 saturated carbocycles. The van der Waals surface area contributed by atoms with Gasteiger partial charge in [0.25, 0.3) is 5.91 Å². The first-order valence-electron chi connectivity index (χ1n) is 11.8. The summed E-state index contributed by atoms with van der Waals surface area (Å²) in [6.07, 6.45) is 9.75. The molecule has 1 atom stereocenters. The predicted octanol–water partition coefficient (Wildman–Crippen LogP) is 5.62. The van der Waals surface area contributed by atoms with Crippen LogP contribution in [0.1, 0.15) is 64.9 Å². The van der Waals surface area contributed by atoms with Crippen molar-refractivity contribution in [2.45, 2.75) is 70.3 Å². The van der Waals surface area contributed by atoms with E-state index in [1.165, 1.54) is 24.6 Å². The zero-order valence-electron chi connectivity index (χ0n) is 20.0. The third-order valence-electron chi connectivity index (χ3n) is 5.47. The summed E-state index contributed by atoms with van der Waals surface area (Å²) >= 11 is 2.95. The second kappa shape index (κ2) is 15.4. The Morgan fingerprint density at radius 2 is 1.91 bits per heavy atom. The summed E-state index contributed by atoms with van der Waals surface area (Å²) in [6, 6.07) is 8.13. The average molecular weight is 491 g/mol. The summed E-state index contributed by atoms with van der Waals surface area (Å²) in [5.74, 6) is 0.316. The van der Waals surface area contributed by atoms with Crippen LogP contribution in [0.3, 0.4) is 0 Å². The van der Waals surface area contributed by atoms with Crippen molar-refractivity contribution in [2.24, 2.45) is 5.92 Å². The molecule has 33 heavy (non-hydrogen) atoms. The molecule has 182 valence electrons. The van der Waals surface area contributed by atoms with Crippen LogP contribution in [0.25, 0.3) is 5.57 Å². The molecular weight excluding hydrogens is 452 g/mol. The quantitative estimate of drug-likeness (QED) is 0.212. The number of aliphatic hydroxyl groups is 2. The number of thioether (sulfide) groups is 1. The van der Waals surface area contributed by atoms with Crippen LogP contribution in [-0.4, -0.2) is 35.4 Å². The molecule has 2 rings (SSSR count). The lowest BCUT2D eigenvalue weighted by atomic mass is 9.98. The molecule has 1 aromatic rings. The topological polar surface area (TPSA) is 81.6 Å². The SMILES string of the molecule is CCC/C=C(\NC(=O)/C(=C/C1CCCC1)c1ccc(SNCC)cc1)S/C=C(\C)C(O)CO. The molecule has 0 spiro atoms. The molecule has 5 nitrogen and oxygen atoms in total. The number of carbonyl (C=O) groups excluding carboxylic acids is 1. The van der Waals surface area contributed by atoms with Crippen molar-refractivity contribution in [3.63, 3.8) is 0 Å². The van der Waals surface area contributed by atoms with Crippen molar-refractivity contribution in [2.75, 3.05) is 13.2 Å².